The Morgan fingerprint density at radius 1 is 1.25 bits per heavy atom. The average Bonchev–Trinajstić information content (AvgIpc) is 2.66. The molecule has 0 spiro atoms. The summed E-state index contributed by atoms with van der Waals surface area (Å²) in [6, 6.07) is 7.11. The molecule has 2 unspecified atom stereocenters. The molecule has 2 aliphatic rings. The molecule has 0 saturated carbocycles. The number of benzene rings is 1. The van der Waals surface area contributed by atoms with Crippen LogP contribution in [-0.4, -0.2) is 47.9 Å². The van der Waals surface area contributed by atoms with Crippen LogP contribution < -0.4 is 0 Å². The largest absolute Gasteiger partial charge is 0.337 e. The summed E-state index contributed by atoms with van der Waals surface area (Å²) >= 11 is 3.52. The molecule has 2 aliphatic heterocycles. The van der Waals surface area contributed by atoms with Crippen molar-refractivity contribution in [3.63, 3.8) is 0 Å². The molecule has 1 aromatic rings. The second-order valence-corrected chi connectivity index (χ2v) is 6.91. The molecule has 2 saturated heterocycles. The van der Waals surface area contributed by atoms with E-state index in [1.54, 1.807) is 0 Å². The minimum Gasteiger partial charge on any atom is -0.337 e. The van der Waals surface area contributed by atoms with Gasteiger partial charge in [-0.2, -0.15) is 0 Å². The van der Waals surface area contributed by atoms with Crippen molar-refractivity contribution in [3.8, 4) is 0 Å². The lowest BCUT2D eigenvalue weighted by Gasteiger charge is -2.26. The molecule has 2 fully saturated rings. The molecule has 2 heterocycles. The van der Waals surface area contributed by atoms with Crippen LogP contribution in [0, 0.1) is 6.92 Å². The Balaban J connectivity index is 1.78. The summed E-state index contributed by atoms with van der Waals surface area (Å²) in [7, 11) is 2.21. The predicted molar refractivity (Wildman–Crippen MR) is 84.0 cm³/mol. The van der Waals surface area contributed by atoms with Gasteiger partial charge in [0.2, 0.25) is 0 Å². The molecule has 1 amide bonds. The minimum absolute atomic E-state index is 0.173. The van der Waals surface area contributed by atoms with E-state index in [1.165, 1.54) is 12.8 Å². The zero-order valence-electron chi connectivity index (χ0n) is 12.1. The number of carbonyl (C=O) groups excluding carboxylic acids is 1. The molecule has 108 valence electrons. The van der Waals surface area contributed by atoms with E-state index in [2.05, 4.69) is 27.9 Å². The van der Waals surface area contributed by atoms with Gasteiger partial charge in [-0.15, -0.1) is 0 Å². The second kappa shape index (κ2) is 5.49. The highest BCUT2D eigenvalue weighted by Crippen LogP contribution is 2.29. The number of likely N-dealkylation sites (N-methyl/N-ethyl adjacent to an activating group) is 1. The molecule has 3 nitrogen and oxygen atoms in total. The van der Waals surface area contributed by atoms with Gasteiger partial charge < -0.3 is 4.90 Å². The number of halogens is 1. The third kappa shape index (κ3) is 2.51. The first-order valence-electron chi connectivity index (χ1n) is 7.33. The van der Waals surface area contributed by atoms with Gasteiger partial charge in [-0.1, -0.05) is 22.0 Å². The summed E-state index contributed by atoms with van der Waals surface area (Å²) in [4.78, 5) is 17.2. The van der Waals surface area contributed by atoms with Crippen LogP contribution in [0.1, 0.15) is 35.2 Å². The van der Waals surface area contributed by atoms with E-state index in [0.29, 0.717) is 12.1 Å². The lowest BCUT2D eigenvalue weighted by atomic mass is 10.1. The van der Waals surface area contributed by atoms with Gasteiger partial charge in [0.05, 0.1) is 0 Å². The van der Waals surface area contributed by atoms with Crippen LogP contribution >= 0.6 is 15.9 Å². The van der Waals surface area contributed by atoms with Gasteiger partial charge in [0.15, 0.2) is 0 Å². The quantitative estimate of drug-likeness (QED) is 0.786. The number of amides is 1. The third-order valence-corrected chi connectivity index (χ3v) is 5.71. The lowest BCUT2D eigenvalue weighted by molar-refractivity contribution is 0.0740. The SMILES string of the molecule is Cc1ccc(C(=O)N2CCC3CCC(C2)N3C)cc1Br. The van der Waals surface area contributed by atoms with Crippen molar-refractivity contribution in [3.05, 3.63) is 33.8 Å². The van der Waals surface area contributed by atoms with Crippen LogP contribution in [-0.2, 0) is 0 Å². The van der Waals surface area contributed by atoms with Crippen molar-refractivity contribution in [1.29, 1.82) is 0 Å². The van der Waals surface area contributed by atoms with Crippen molar-refractivity contribution in [1.82, 2.24) is 9.80 Å². The Morgan fingerprint density at radius 2 is 2.00 bits per heavy atom. The fraction of sp³-hybridized carbons (Fsp3) is 0.562. The van der Waals surface area contributed by atoms with Crippen molar-refractivity contribution in [2.24, 2.45) is 0 Å². The summed E-state index contributed by atoms with van der Waals surface area (Å²) in [5, 5.41) is 0. The standard InChI is InChI=1S/C16H21BrN2O/c1-11-3-4-12(9-15(11)17)16(20)19-8-7-13-5-6-14(10-19)18(13)2/h3-4,9,13-14H,5-8,10H2,1-2H3. The molecule has 3 rings (SSSR count). The van der Waals surface area contributed by atoms with Crippen molar-refractivity contribution in [2.45, 2.75) is 38.3 Å². The van der Waals surface area contributed by atoms with Crippen LogP contribution in [0.25, 0.3) is 0 Å². The Morgan fingerprint density at radius 3 is 2.75 bits per heavy atom. The lowest BCUT2D eigenvalue weighted by Crippen LogP contribution is -2.39. The van der Waals surface area contributed by atoms with Crippen LogP contribution in [0.2, 0.25) is 0 Å². The Kier molecular flexibility index (Phi) is 3.87. The monoisotopic (exact) mass is 336 g/mol. The van der Waals surface area contributed by atoms with E-state index >= 15 is 0 Å². The number of likely N-dealkylation sites (tertiary alicyclic amines) is 1. The highest BCUT2D eigenvalue weighted by molar-refractivity contribution is 9.10. The van der Waals surface area contributed by atoms with Crippen LogP contribution in [0.5, 0.6) is 0 Å². The van der Waals surface area contributed by atoms with Gasteiger partial charge in [0, 0.05) is 35.2 Å². The molecule has 2 bridgehead atoms. The van der Waals surface area contributed by atoms with Gasteiger partial charge in [-0.25, -0.2) is 0 Å². The number of nitrogens with zero attached hydrogens (tertiary/aromatic N) is 2. The highest BCUT2D eigenvalue weighted by Gasteiger charge is 2.36. The maximum atomic E-state index is 12.7. The molecule has 1 aromatic carbocycles. The number of aryl methyl sites for hydroxylation is 1. The van der Waals surface area contributed by atoms with E-state index in [-0.39, 0.29) is 5.91 Å². The fourth-order valence-corrected chi connectivity index (χ4v) is 3.78. The molecule has 0 aromatic heterocycles. The van der Waals surface area contributed by atoms with Crippen molar-refractivity contribution >= 4 is 21.8 Å². The molecule has 0 N–H and O–H groups in total. The van der Waals surface area contributed by atoms with Crippen LogP contribution in [0.4, 0.5) is 0 Å². The van der Waals surface area contributed by atoms with Gasteiger partial charge >= 0.3 is 0 Å². The smallest absolute Gasteiger partial charge is 0.253 e. The summed E-state index contributed by atoms with van der Waals surface area (Å²) in [6.45, 7) is 3.80. The van der Waals surface area contributed by atoms with E-state index in [1.807, 2.05) is 30.0 Å². The molecule has 0 radical (unpaired) electrons. The molecule has 4 heteroatoms. The topological polar surface area (TPSA) is 23.6 Å². The summed E-state index contributed by atoms with van der Waals surface area (Å²) in [5.74, 6) is 0.173. The molecule has 2 atom stereocenters. The first kappa shape index (κ1) is 14.1. The van der Waals surface area contributed by atoms with Crippen molar-refractivity contribution in [2.75, 3.05) is 20.1 Å². The van der Waals surface area contributed by atoms with Gasteiger partial charge in [0.25, 0.3) is 5.91 Å². The van der Waals surface area contributed by atoms with Crippen molar-refractivity contribution < 1.29 is 4.79 Å². The Bertz CT molecular complexity index is 531. The first-order valence-corrected chi connectivity index (χ1v) is 8.13. The van der Waals surface area contributed by atoms with Gasteiger partial charge in [-0.05, 0) is 50.9 Å². The van der Waals surface area contributed by atoms with Crippen LogP contribution in [0.3, 0.4) is 0 Å². The van der Waals surface area contributed by atoms with E-state index in [4.69, 9.17) is 0 Å². The Hall–Kier alpha value is -0.870. The third-order valence-electron chi connectivity index (χ3n) is 4.85. The zero-order chi connectivity index (χ0) is 14.3. The van der Waals surface area contributed by atoms with Crippen LogP contribution in [0.15, 0.2) is 22.7 Å². The highest BCUT2D eigenvalue weighted by atomic mass is 79.9. The van der Waals surface area contributed by atoms with Gasteiger partial charge in [-0.3, -0.25) is 9.69 Å². The number of fused-ring (bicyclic) bond motifs is 2. The normalized spacial score (nSPS) is 26.6. The number of hydrogen-bond donors (Lipinski definition) is 0. The van der Waals surface area contributed by atoms with E-state index in [0.717, 1.165) is 35.1 Å². The summed E-state index contributed by atoms with van der Waals surface area (Å²) in [5.41, 5.74) is 1.96. The van der Waals surface area contributed by atoms with E-state index in [9.17, 15) is 4.79 Å². The van der Waals surface area contributed by atoms with Gasteiger partial charge in [0.1, 0.15) is 0 Å². The maximum absolute atomic E-state index is 12.7. The predicted octanol–water partition coefficient (Wildman–Crippen LogP) is 3.07. The fourth-order valence-electron chi connectivity index (χ4n) is 3.40. The molecular formula is C16H21BrN2O. The zero-order valence-corrected chi connectivity index (χ0v) is 13.7. The first-order chi connectivity index (χ1) is 9.56. The molecule has 0 aliphatic carbocycles. The summed E-state index contributed by atoms with van der Waals surface area (Å²) in [6.07, 6.45) is 3.62. The Labute approximate surface area is 129 Å². The maximum Gasteiger partial charge on any atom is 0.253 e. The second-order valence-electron chi connectivity index (χ2n) is 6.05. The average molecular weight is 337 g/mol. The number of hydrogen-bond acceptors (Lipinski definition) is 2. The number of rotatable bonds is 1. The molecular weight excluding hydrogens is 316 g/mol. The van der Waals surface area contributed by atoms with E-state index < -0.39 is 0 Å². The summed E-state index contributed by atoms with van der Waals surface area (Å²) < 4.78 is 1.01. The number of carbonyl (C=O) groups is 1. The minimum atomic E-state index is 0.173. The molecule has 20 heavy (non-hydrogen) atoms.